The molecule has 17 heavy (non-hydrogen) atoms. The van der Waals surface area contributed by atoms with E-state index in [-0.39, 0.29) is 30.3 Å². The first kappa shape index (κ1) is 12.4. The molecule has 1 heterocycles. The first-order valence-corrected chi connectivity index (χ1v) is 6.35. The second kappa shape index (κ2) is 5.04. The Bertz CT molecular complexity index is 319. The zero-order chi connectivity index (χ0) is 12.4. The Kier molecular flexibility index (Phi) is 3.66. The van der Waals surface area contributed by atoms with Gasteiger partial charge in [0, 0.05) is 24.5 Å². The molecule has 5 heteroatoms. The lowest BCUT2D eigenvalue weighted by Gasteiger charge is -2.26. The molecule has 1 saturated heterocycles. The fourth-order valence-corrected chi connectivity index (χ4v) is 3.01. The van der Waals surface area contributed by atoms with Crippen LogP contribution in [0, 0.1) is 5.92 Å². The van der Waals surface area contributed by atoms with Crippen LogP contribution < -0.4 is 5.73 Å². The number of hydrogen-bond donors (Lipinski definition) is 2. The second-order valence-corrected chi connectivity index (χ2v) is 5.20. The fourth-order valence-electron chi connectivity index (χ4n) is 3.01. The van der Waals surface area contributed by atoms with Gasteiger partial charge in [0.05, 0.1) is 6.42 Å². The number of carbonyl (C=O) groups excluding carboxylic acids is 1. The van der Waals surface area contributed by atoms with Crippen LogP contribution in [-0.2, 0) is 9.59 Å². The summed E-state index contributed by atoms with van der Waals surface area (Å²) < 4.78 is 0. The number of likely N-dealkylation sites (tertiary alicyclic amines) is 1. The van der Waals surface area contributed by atoms with Gasteiger partial charge in [0.15, 0.2) is 0 Å². The summed E-state index contributed by atoms with van der Waals surface area (Å²) in [5.41, 5.74) is 5.81. The van der Waals surface area contributed by atoms with Gasteiger partial charge in [-0.15, -0.1) is 0 Å². The number of nitrogens with zero attached hydrogens (tertiary/aromatic N) is 1. The lowest BCUT2D eigenvalue weighted by atomic mass is 10.0. The molecule has 0 aromatic heterocycles. The van der Waals surface area contributed by atoms with Crippen LogP contribution in [0.5, 0.6) is 0 Å². The number of carboxylic acid groups (broad SMARTS) is 1. The lowest BCUT2D eigenvalue weighted by molar-refractivity contribution is -0.141. The van der Waals surface area contributed by atoms with E-state index in [1.165, 1.54) is 0 Å². The maximum atomic E-state index is 12.3. The average molecular weight is 240 g/mol. The van der Waals surface area contributed by atoms with E-state index in [9.17, 15) is 9.59 Å². The summed E-state index contributed by atoms with van der Waals surface area (Å²) in [7, 11) is 0. The highest BCUT2D eigenvalue weighted by Crippen LogP contribution is 2.30. The van der Waals surface area contributed by atoms with Crippen LogP contribution in [-0.4, -0.2) is 40.5 Å². The molecule has 0 aromatic carbocycles. The van der Waals surface area contributed by atoms with Gasteiger partial charge in [0.1, 0.15) is 0 Å². The van der Waals surface area contributed by atoms with Crippen LogP contribution in [0.1, 0.15) is 38.5 Å². The van der Waals surface area contributed by atoms with E-state index >= 15 is 0 Å². The monoisotopic (exact) mass is 240 g/mol. The van der Waals surface area contributed by atoms with E-state index in [1.54, 1.807) is 4.90 Å². The first-order valence-electron chi connectivity index (χ1n) is 6.35. The molecule has 2 aliphatic rings. The Morgan fingerprint density at radius 1 is 1.29 bits per heavy atom. The third-order valence-corrected chi connectivity index (χ3v) is 3.89. The summed E-state index contributed by atoms with van der Waals surface area (Å²) in [6.07, 6.45) is 4.34. The summed E-state index contributed by atoms with van der Waals surface area (Å²) in [6, 6.07) is 0.0429. The minimum Gasteiger partial charge on any atom is -0.481 e. The topological polar surface area (TPSA) is 83.6 Å². The Morgan fingerprint density at radius 3 is 2.65 bits per heavy atom. The van der Waals surface area contributed by atoms with Gasteiger partial charge >= 0.3 is 5.97 Å². The van der Waals surface area contributed by atoms with Crippen molar-refractivity contribution in [3.05, 3.63) is 0 Å². The van der Waals surface area contributed by atoms with Crippen LogP contribution in [0.2, 0.25) is 0 Å². The van der Waals surface area contributed by atoms with E-state index in [0.717, 1.165) is 32.1 Å². The standard InChI is InChI=1S/C12H20N2O3/c13-9-4-3-8(6-9)12(17)14-5-1-2-10(14)7-11(15)16/h8-10H,1-7,13H2,(H,15,16). The van der Waals surface area contributed by atoms with Crippen LogP contribution in [0.25, 0.3) is 0 Å². The van der Waals surface area contributed by atoms with Crippen LogP contribution in [0.15, 0.2) is 0 Å². The quantitative estimate of drug-likeness (QED) is 0.755. The van der Waals surface area contributed by atoms with Gasteiger partial charge in [0.25, 0.3) is 0 Å². The summed E-state index contributed by atoms with van der Waals surface area (Å²) in [4.78, 5) is 24.8. The maximum Gasteiger partial charge on any atom is 0.305 e. The molecule has 3 atom stereocenters. The van der Waals surface area contributed by atoms with Crippen LogP contribution in [0.4, 0.5) is 0 Å². The molecule has 2 rings (SSSR count). The maximum absolute atomic E-state index is 12.3. The first-order chi connectivity index (χ1) is 8.08. The number of amides is 1. The predicted molar refractivity (Wildman–Crippen MR) is 62.3 cm³/mol. The number of hydrogen-bond acceptors (Lipinski definition) is 3. The van der Waals surface area contributed by atoms with Crippen molar-refractivity contribution in [3.8, 4) is 0 Å². The van der Waals surface area contributed by atoms with Gasteiger partial charge in [-0.05, 0) is 32.1 Å². The number of carbonyl (C=O) groups is 2. The largest absolute Gasteiger partial charge is 0.481 e. The average Bonchev–Trinajstić information content (AvgIpc) is 2.85. The highest BCUT2D eigenvalue weighted by molar-refractivity contribution is 5.80. The molecule has 0 spiro atoms. The smallest absolute Gasteiger partial charge is 0.305 e. The molecule has 2 fully saturated rings. The van der Waals surface area contributed by atoms with Crippen molar-refractivity contribution in [2.24, 2.45) is 11.7 Å². The highest BCUT2D eigenvalue weighted by Gasteiger charge is 2.36. The molecule has 96 valence electrons. The molecular formula is C12H20N2O3. The van der Waals surface area contributed by atoms with E-state index in [1.807, 2.05) is 0 Å². The molecule has 0 bridgehead atoms. The van der Waals surface area contributed by atoms with E-state index in [0.29, 0.717) is 6.54 Å². The summed E-state index contributed by atoms with van der Waals surface area (Å²) in [5.74, 6) is -0.668. The highest BCUT2D eigenvalue weighted by atomic mass is 16.4. The summed E-state index contributed by atoms with van der Waals surface area (Å²) in [5, 5.41) is 8.82. The van der Waals surface area contributed by atoms with Crippen molar-refractivity contribution in [1.29, 1.82) is 0 Å². The van der Waals surface area contributed by atoms with E-state index < -0.39 is 5.97 Å². The van der Waals surface area contributed by atoms with Crippen LogP contribution >= 0.6 is 0 Å². The molecule has 3 N–H and O–H groups in total. The van der Waals surface area contributed by atoms with Gasteiger partial charge in [0.2, 0.25) is 5.91 Å². The zero-order valence-corrected chi connectivity index (χ0v) is 9.97. The third-order valence-electron chi connectivity index (χ3n) is 3.89. The summed E-state index contributed by atoms with van der Waals surface area (Å²) in [6.45, 7) is 0.711. The Morgan fingerprint density at radius 2 is 2.06 bits per heavy atom. The van der Waals surface area contributed by atoms with E-state index in [4.69, 9.17) is 10.8 Å². The third kappa shape index (κ3) is 2.77. The Labute approximate surface area is 101 Å². The number of nitrogens with two attached hydrogens (primary N) is 1. The molecule has 0 aromatic rings. The van der Waals surface area contributed by atoms with Crippen molar-refractivity contribution < 1.29 is 14.7 Å². The van der Waals surface area contributed by atoms with Gasteiger partial charge in [-0.3, -0.25) is 9.59 Å². The Balaban J connectivity index is 1.95. The SMILES string of the molecule is NC1CCC(C(=O)N2CCCC2CC(=O)O)C1. The van der Waals surface area contributed by atoms with Crippen molar-refractivity contribution in [2.75, 3.05) is 6.54 Å². The molecule has 5 nitrogen and oxygen atoms in total. The molecule has 1 amide bonds. The van der Waals surface area contributed by atoms with Gasteiger partial charge < -0.3 is 15.7 Å². The minimum atomic E-state index is -0.821. The van der Waals surface area contributed by atoms with E-state index in [2.05, 4.69) is 0 Å². The normalized spacial score (nSPS) is 33.0. The van der Waals surface area contributed by atoms with Crippen molar-refractivity contribution in [3.63, 3.8) is 0 Å². The molecule has 1 aliphatic heterocycles. The molecule has 1 saturated carbocycles. The van der Waals surface area contributed by atoms with Crippen molar-refractivity contribution in [2.45, 2.75) is 50.6 Å². The molecule has 1 aliphatic carbocycles. The minimum absolute atomic E-state index is 0.0272. The lowest BCUT2D eigenvalue weighted by Crippen LogP contribution is -2.40. The second-order valence-electron chi connectivity index (χ2n) is 5.20. The molecular weight excluding hydrogens is 220 g/mol. The molecule has 0 radical (unpaired) electrons. The zero-order valence-electron chi connectivity index (χ0n) is 9.97. The van der Waals surface area contributed by atoms with Gasteiger partial charge in [-0.1, -0.05) is 0 Å². The predicted octanol–water partition coefficient (Wildman–Crippen LogP) is 0.580. The van der Waals surface area contributed by atoms with Crippen molar-refractivity contribution in [1.82, 2.24) is 4.90 Å². The van der Waals surface area contributed by atoms with Gasteiger partial charge in [-0.2, -0.15) is 0 Å². The molecule has 3 unspecified atom stereocenters. The number of rotatable bonds is 3. The van der Waals surface area contributed by atoms with Crippen LogP contribution in [0.3, 0.4) is 0 Å². The number of aliphatic carboxylic acids is 1. The Hall–Kier alpha value is -1.10. The summed E-state index contributed by atoms with van der Waals surface area (Å²) >= 11 is 0. The van der Waals surface area contributed by atoms with Gasteiger partial charge in [-0.25, -0.2) is 0 Å². The van der Waals surface area contributed by atoms with Crippen molar-refractivity contribution >= 4 is 11.9 Å². The number of carboxylic acids is 1. The fraction of sp³-hybridized carbons (Fsp3) is 0.833.